The highest BCUT2D eigenvalue weighted by Gasteiger charge is 2.17. The molecule has 2 N–H and O–H groups in total. The first kappa shape index (κ1) is 11.7. The Morgan fingerprint density at radius 3 is 2.94 bits per heavy atom. The third-order valence-electron chi connectivity index (χ3n) is 3.34. The molecule has 0 saturated heterocycles. The Labute approximate surface area is 114 Å². The zero-order chi connectivity index (χ0) is 12.5. The van der Waals surface area contributed by atoms with Crippen LogP contribution >= 0.6 is 15.9 Å². The van der Waals surface area contributed by atoms with Crippen molar-refractivity contribution >= 4 is 21.6 Å². The maximum atomic E-state index is 5.86. The van der Waals surface area contributed by atoms with Crippen LogP contribution in [0, 0.1) is 0 Å². The van der Waals surface area contributed by atoms with Crippen LogP contribution in [0.25, 0.3) is 11.4 Å². The van der Waals surface area contributed by atoms with E-state index in [0.29, 0.717) is 0 Å². The molecule has 1 aliphatic heterocycles. The van der Waals surface area contributed by atoms with Crippen molar-refractivity contribution in [3.05, 3.63) is 28.5 Å². The van der Waals surface area contributed by atoms with E-state index in [4.69, 9.17) is 5.73 Å². The molecule has 18 heavy (non-hydrogen) atoms. The van der Waals surface area contributed by atoms with Crippen molar-refractivity contribution < 1.29 is 0 Å². The molecular formula is C13H15BrN4. The Hall–Kier alpha value is -1.36. The van der Waals surface area contributed by atoms with E-state index in [2.05, 4.69) is 30.7 Å². The molecule has 0 amide bonds. The summed E-state index contributed by atoms with van der Waals surface area (Å²) >= 11 is 3.56. The lowest BCUT2D eigenvalue weighted by Gasteiger charge is -2.09. The van der Waals surface area contributed by atoms with Gasteiger partial charge in [-0.1, -0.05) is 22.4 Å². The van der Waals surface area contributed by atoms with Crippen LogP contribution in [0.4, 0.5) is 5.69 Å². The number of nitrogen functional groups attached to an aromatic ring is 1. The number of halogens is 1. The van der Waals surface area contributed by atoms with E-state index in [0.717, 1.165) is 40.3 Å². The first-order valence-corrected chi connectivity index (χ1v) is 7.02. The quantitative estimate of drug-likeness (QED) is 0.824. The van der Waals surface area contributed by atoms with E-state index >= 15 is 0 Å². The minimum absolute atomic E-state index is 0.749. The van der Waals surface area contributed by atoms with Crippen LogP contribution in [-0.4, -0.2) is 14.8 Å². The molecule has 2 heterocycles. The summed E-state index contributed by atoms with van der Waals surface area (Å²) in [6.07, 6.45) is 4.68. The highest BCUT2D eigenvalue weighted by Crippen LogP contribution is 2.30. The summed E-state index contributed by atoms with van der Waals surface area (Å²) < 4.78 is 3.24. The van der Waals surface area contributed by atoms with Crippen LogP contribution in [0.3, 0.4) is 0 Å². The fourth-order valence-corrected chi connectivity index (χ4v) is 2.82. The van der Waals surface area contributed by atoms with Crippen molar-refractivity contribution in [2.75, 3.05) is 5.73 Å². The average Bonchev–Trinajstić information content (AvgIpc) is 2.61. The Balaban J connectivity index is 2.12. The Bertz CT molecular complexity index is 576. The molecule has 0 spiro atoms. The molecule has 0 fully saturated rings. The third kappa shape index (κ3) is 2.03. The minimum atomic E-state index is 0.749. The van der Waals surface area contributed by atoms with E-state index in [1.807, 2.05) is 18.2 Å². The van der Waals surface area contributed by atoms with Crippen LogP contribution in [0.15, 0.2) is 22.7 Å². The van der Waals surface area contributed by atoms with Crippen molar-refractivity contribution in [2.45, 2.75) is 32.2 Å². The predicted octanol–water partition coefficient (Wildman–Crippen LogP) is 3.02. The Morgan fingerprint density at radius 2 is 2.06 bits per heavy atom. The molecule has 4 nitrogen and oxygen atoms in total. The molecule has 1 aliphatic rings. The van der Waals surface area contributed by atoms with Crippen LogP contribution < -0.4 is 5.73 Å². The molecular weight excluding hydrogens is 292 g/mol. The lowest BCUT2D eigenvalue weighted by Crippen LogP contribution is -2.03. The summed E-state index contributed by atoms with van der Waals surface area (Å²) in [6.45, 7) is 0.999. The molecule has 1 aromatic carbocycles. The average molecular weight is 307 g/mol. The maximum Gasteiger partial charge on any atom is 0.165 e. The molecule has 3 rings (SSSR count). The normalized spacial score (nSPS) is 15.2. The zero-order valence-electron chi connectivity index (χ0n) is 10.1. The summed E-state index contributed by atoms with van der Waals surface area (Å²) in [7, 11) is 0. The van der Waals surface area contributed by atoms with Gasteiger partial charge >= 0.3 is 0 Å². The number of rotatable bonds is 1. The number of aromatic nitrogens is 3. The van der Waals surface area contributed by atoms with Crippen LogP contribution in [0.2, 0.25) is 0 Å². The van der Waals surface area contributed by atoms with Gasteiger partial charge in [0.15, 0.2) is 5.82 Å². The van der Waals surface area contributed by atoms with Gasteiger partial charge in [-0.3, -0.25) is 0 Å². The van der Waals surface area contributed by atoms with Gasteiger partial charge in [-0.2, -0.15) is 0 Å². The molecule has 0 radical (unpaired) electrons. The summed E-state index contributed by atoms with van der Waals surface area (Å²) in [6, 6.07) is 5.79. The number of hydrogen-bond acceptors (Lipinski definition) is 3. The van der Waals surface area contributed by atoms with Gasteiger partial charge in [-0.25, -0.2) is 0 Å². The van der Waals surface area contributed by atoms with E-state index in [1.165, 1.54) is 19.3 Å². The number of nitrogens with zero attached hydrogens (tertiary/aromatic N) is 3. The largest absolute Gasteiger partial charge is 0.399 e. The van der Waals surface area contributed by atoms with Crippen molar-refractivity contribution in [2.24, 2.45) is 0 Å². The molecule has 1 aromatic heterocycles. The number of fused-ring (bicyclic) bond motifs is 1. The van der Waals surface area contributed by atoms with E-state index in [-0.39, 0.29) is 0 Å². The summed E-state index contributed by atoms with van der Waals surface area (Å²) in [5, 5.41) is 8.65. The van der Waals surface area contributed by atoms with Crippen LogP contribution in [-0.2, 0) is 13.0 Å². The maximum absolute atomic E-state index is 5.86. The molecule has 5 heteroatoms. The Morgan fingerprint density at radius 1 is 1.17 bits per heavy atom. The third-order valence-corrected chi connectivity index (χ3v) is 4.03. The van der Waals surface area contributed by atoms with Crippen molar-refractivity contribution in [1.29, 1.82) is 0 Å². The molecule has 94 valence electrons. The predicted molar refractivity (Wildman–Crippen MR) is 75.1 cm³/mol. The molecule has 0 saturated carbocycles. The van der Waals surface area contributed by atoms with Gasteiger partial charge in [0.2, 0.25) is 0 Å². The smallest absolute Gasteiger partial charge is 0.165 e. The van der Waals surface area contributed by atoms with Gasteiger partial charge in [0.1, 0.15) is 5.82 Å². The molecule has 2 aromatic rings. The van der Waals surface area contributed by atoms with Gasteiger partial charge in [0.25, 0.3) is 0 Å². The van der Waals surface area contributed by atoms with Gasteiger partial charge < -0.3 is 10.3 Å². The van der Waals surface area contributed by atoms with Crippen molar-refractivity contribution in [3.63, 3.8) is 0 Å². The first-order chi connectivity index (χ1) is 8.75. The van der Waals surface area contributed by atoms with Gasteiger partial charge in [0, 0.05) is 28.7 Å². The second kappa shape index (κ2) is 4.72. The summed E-state index contributed by atoms with van der Waals surface area (Å²) in [4.78, 5) is 0. The topological polar surface area (TPSA) is 56.7 Å². The van der Waals surface area contributed by atoms with E-state index < -0.39 is 0 Å². The summed E-state index contributed by atoms with van der Waals surface area (Å²) in [5.74, 6) is 2.02. The highest BCUT2D eigenvalue weighted by atomic mass is 79.9. The Kier molecular flexibility index (Phi) is 3.07. The van der Waals surface area contributed by atoms with E-state index in [1.54, 1.807) is 0 Å². The SMILES string of the molecule is Nc1ccc(Br)c(-c2nnc3n2CCCCC3)c1. The number of hydrogen-bond donors (Lipinski definition) is 1. The van der Waals surface area contributed by atoms with Crippen LogP contribution in [0.1, 0.15) is 25.1 Å². The fourth-order valence-electron chi connectivity index (χ4n) is 2.40. The number of benzene rings is 1. The lowest BCUT2D eigenvalue weighted by molar-refractivity contribution is 0.636. The van der Waals surface area contributed by atoms with Gasteiger partial charge in [-0.05, 0) is 31.0 Å². The standard InChI is InChI=1S/C13H15BrN4/c14-11-6-5-9(15)8-10(11)13-17-16-12-4-2-1-3-7-18(12)13/h5-6,8H,1-4,7,15H2. The molecule has 0 bridgehead atoms. The van der Waals surface area contributed by atoms with Crippen LogP contribution in [0.5, 0.6) is 0 Å². The molecule has 0 aliphatic carbocycles. The lowest BCUT2D eigenvalue weighted by atomic mass is 10.2. The fraction of sp³-hybridized carbons (Fsp3) is 0.385. The number of anilines is 1. The minimum Gasteiger partial charge on any atom is -0.399 e. The van der Waals surface area contributed by atoms with Gasteiger partial charge in [0.05, 0.1) is 0 Å². The van der Waals surface area contributed by atoms with E-state index in [9.17, 15) is 0 Å². The second-order valence-corrected chi connectivity index (χ2v) is 5.50. The zero-order valence-corrected chi connectivity index (χ0v) is 11.7. The highest BCUT2D eigenvalue weighted by molar-refractivity contribution is 9.10. The first-order valence-electron chi connectivity index (χ1n) is 6.23. The summed E-state index contributed by atoms with van der Waals surface area (Å²) in [5.41, 5.74) is 7.64. The second-order valence-electron chi connectivity index (χ2n) is 4.64. The number of aryl methyl sites for hydroxylation is 1. The number of nitrogens with two attached hydrogens (primary N) is 1. The van der Waals surface area contributed by atoms with Gasteiger partial charge in [-0.15, -0.1) is 10.2 Å². The van der Waals surface area contributed by atoms with Crippen molar-refractivity contribution in [3.8, 4) is 11.4 Å². The molecule has 0 unspecified atom stereocenters. The molecule has 0 atom stereocenters. The monoisotopic (exact) mass is 306 g/mol. The van der Waals surface area contributed by atoms with Crippen molar-refractivity contribution in [1.82, 2.24) is 14.8 Å².